The minimum absolute atomic E-state index is 0. The van der Waals surface area contributed by atoms with Crippen molar-refractivity contribution in [3.8, 4) is 0 Å². The number of amides is 1. The van der Waals surface area contributed by atoms with E-state index in [4.69, 9.17) is 0 Å². The summed E-state index contributed by atoms with van der Waals surface area (Å²) in [6, 6.07) is 14.2. The number of carbonyl (C=O) groups excluding carboxylic acids is 1. The van der Waals surface area contributed by atoms with Crippen LogP contribution in [0, 0.1) is 0 Å². The Bertz CT molecular complexity index is 763. The van der Waals surface area contributed by atoms with Gasteiger partial charge in [-0.2, -0.15) is 0 Å². The second-order valence-corrected chi connectivity index (χ2v) is 6.84. The van der Waals surface area contributed by atoms with Crippen LogP contribution < -0.4 is 16.0 Å². The molecule has 0 atom stereocenters. The lowest BCUT2D eigenvalue weighted by molar-refractivity contribution is -0.114. The molecule has 0 radical (unpaired) electrons. The van der Waals surface area contributed by atoms with E-state index >= 15 is 0 Å². The average Bonchev–Trinajstić information content (AvgIpc) is 2.67. The highest BCUT2D eigenvalue weighted by Crippen LogP contribution is 2.43. The number of guanidine groups is 1. The molecule has 3 rings (SSSR count). The van der Waals surface area contributed by atoms with Crippen molar-refractivity contribution in [1.82, 2.24) is 15.6 Å². The number of nitrogens with zero attached hydrogens (tertiary/aromatic N) is 2. The van der Waals surface area contributed by atoms with E-state index in [1.165, 1.54) is 24.8 Å². The summed E-state index contributed by atoms with van der Waals surface area (Å²) in [6.07, 6.45) is 6.88. The Morgan fingerprint density at radius 2 is 1.93 bits per heavy atom. The highest BCUT2D eigenvalue weighted by atomic mass is 127. The number of benzene rings is 1. The number of hydrogen-bond donors (Lipinski definition) is 3. The molecule has 1 aromatic carbocycles. The van der Waals surface area contributed by atoms with Crippen molar-refractivity contribution in [3.63, 3.8) is 0 Å². The van der Waals surface area contributed by atoms with Gasteiger partial charge in [-0.3, -0.25) is 9.78 Å². The molecule has 1 fully saturated rings. The van der Waals surface area contributed by atoms with Crippen LogP contribution in [0.4, 0.5) is 5.69 Å². The Kier molecular flexibility index (Phi) is 8.69. The van der Waals surface area contributed by atoms with Crippen molar-refractivity contribution in [2.45, 2.75) is 31.6 Å². The number of aliphatic imine (C=N–C) groups is 1. The number of nitrogens with one attached hydrogen (secondary N) is 3. The van der Waals surface area contributed by atoms with Crippen LogP contribution in [0.15, 0.2) is 59.9 Å². The molecule has 1 aliphatic carbocycles. The van der Waals surface area contributed by atoms with Gasteiger partial charge in [0.15, 0.2) is 5.96 Å². The Balaban J connectivity index is 0.00000280. The molecule has 1 aliphatic rings. The molecule has 0 unspecified atom stereocenters. The summed E-state index contributed by atoms with van der Waals surface area (Å²) in [4.78, 5) is 20.5. The fourth-order valence-corrected chi connectivity index (χ4v) is 3.35. The van der Waals surface area contributed by atoms with Crippen LogP contribution in [-0.2, 0) is 10.2 Å². The van der Waals surface area contributed by atoms with Gasteiger partial charge in [-0.05, 0) is 37.5 Å². The Morgan fingerprint density at radius 3 is 2.54 bits per heavy atom. The van der Waals surface area contributed by atoms with Crippen LogP contribution >= 0.6 is 24.0 Å². The van der Waals surface area contributed by atoms with E-state index in [0.29, 0.717) is 11.6 Å². The van der Waals surface area contributed by atoms with E-state index in [-0.39, 0.29) is 41.8 Å². The zero-order chi connectivity index (χ0) is 19.0. The lowest BCUT2D eigenvalue weighted by atomic mass is 9.64. The maximum absolute atomic E-state index is 12.1. The third kappa shape index (κ3) is 5.92. The first-order valence-electron chi connectivity index (χ1n) is 9.49. The standard InChI is InChI=1S/C21H27N5O.HI/c1-2-23-20(24-15-19(27)26-18-10-6-13-22-14-18)25-16-21(11-7-12-21)17-8-4-3-5-9-17;/h3-6,8-10,13-14H,2,7,11-12,15-16H2,1H3,(H,26,27)(H2,23,24,25);1H. The first kappa shape index (κ1) is 22.1. The van der Waals surface area contributed by atoms with Gasteiger partial charge in [0.05, 0.1) is 11.9 Å². The number of carbonyl (C=O) groups is 1. The number of aromatic nitrogens is 1. The molecule has 150 valence electrons. The molecule has 2 aromatic rings. The highest BCUT2D eigenvalue weighted by Gasteiger charge is 2.38. The van der Waals surface area contributed by atoms with Crippen molar-refractivity contribution >= 4 is 41.5 Å². The van der Waals surface area contributed by atoms with Gasteiger partial charge >= 0.3 is 0 Å². The maximum atomic E-state index is 12.1. The number of hydrogen-bond acceptors (Lipinski definition) is 3. The molecule has 1 saturated carbocycles. The van der Waals surface area contributed by atoms with Gasteiger partial charge in [-0.1, -0.05) is 36.8 Å². The molecule has 1 heterocycles. The van der Waals surface area contributed by atoms with Gasteiger partial charge in [0.1, 0.15) is 6.54 Å². The van der Waals surface area contributed by atoms with Gasteiger partial charge < -0.3 is 16.0 Å². The summed E-state index contributed by atoms with van der Waals surface area (Å²) in [5, 5.41) is 9.44. The summed E-state index contributed by atoms with van der Waals surface area (Å²) in [7, 11) is 0. The highest BCUT2D eigenvalue weighted by molar-refractivity contribution is 14.0. The van der Waals surface area contributed by atoms with E-state index in [9.17, 15) is 4.79 Å². The van der Waals surface area contributed by atoms with E-state index in [1.54, 1.807) is 24.5 Å². The van der Waals surface area contributed by atoms with Crippen molar-refractivity contribution in [1.29, 1.82) is 0 Å². The largest absolute Gasteiger partial charge is 0.357 e. The molecular formula is C21H28IN5O. The molecule has 1 amide bonds. The van der Waals surface area contributed by atoms with Crippen LogP contribution in [0.5, 0.6) is 0 Å². The molecule has 1 aromatic heterocycles. The second-order valence-electron chi connectivity index (χ2n) is 6.84. The number of halogens is 1. The zero-order valence-electron chi connectivity index (χ0n) is 16.1. The van der Waals surface area contributed by atoms with Crippen LogP contribution in [0.1, 0.15) is 31.7 Å². The molecule has 3 N–H and O–H groups in total. The summed E-state index contributed by atoms with van der Waals surface area (Å²) < 4.78 is 0. The van der Waals surface area contributed by atoms with Crippen LogP contribution in [0.25, 0.3) is 0 Å². The predicted octanol–water partition coefficient (Wildman–Crippen LogP) is 3.32. The minimum Gasteiger partial charge on any atom is -0.357 e. The fourth-order valence-electron chi connectivity index (χ4n) is 3.35. The van der Waals surface area contributed by atoms with Gasteiger partial charge in [0, 0.05) is 24.7 Å². The Labute approximate surface area is 183 Å². The monoisotopic (exact) mass is 493 g/mol. The van der Waals surface area contributed by atoms with Gasteiger partial charge in [-0.15, -0.1) is 24.0 Å². The summed E-state index contributed by atoms with van der Waals surface area (Å²) in [5.74, 6) is 0.502. The Morgan fingerprint density at radius 1 is 1.14 bits per heavy atom. The molecule has 7 heteroatoms. The smallest absolute Gasteiger partial charge is 0.246 e. The van der Waals surface area contributed by atoms with Crippen LogP contribution in [0.2, 0.25) is 0 Å². The van der Waals surface area contributed by atoms with Crippen molar-refractivity contribution < 1.29 is 4.79 Å². The third-order valence-electron chi connectivity index (χ3n) is 4.96. The van der Waals surface area contributed by atoms with Crippen molar-refractivity contribution in [2.75, 3.05) is 25.0 Å². The lowest BCUT2D eigenvalue weighted by Crippen LogP contribution is -2.49. The Hall–Kier alpha value is -2.16. The van der Waals surface area contributed by atoms with Crippen LogP contribution in [0.3, 0.4) is 0 Å². The third-order valence-corrected chi connectivity index (χ3v) is 4.96. The quantitative estimate of drug-likeness (QED) is 0.314. The first-order valence-corrected chi connectivity index (χ1v) is 9.49. The summed E-state index contributed by atoms with van der Waals surface area (Å²) in [6.45, 7) is 3.63. The summed E-state index contributed by atoms with van der Waals surface area (Å²) >= 11 is 0. The van der Waals surface area contributed by atoms with E-state index < -0.39 is 0 Å². The topological polar surface area (TPSA) is 78.4 Å². The average molecular weight is 493 g/mol. The normalized spacial score (nSPS) is 15.0. The number of pyridine rings is 1. The molecule has 28 heavy (non-hydrogen) atoms. The SMILES string of the molecule is CCNC(=NCC(=O)Nc1cccnc1)NCC1(c2ccccc2)CCC1.I. The van der Waals surface area contributed by atoms with E-state index in [2.05, 4.69) is 56.3 Å². The van der Waals surface area contributed by atoms with Crippen molar-refractivity contribution in [3.05, 3.63) is 60.4 Å². The van der Waals surface area contributed by atoms with E-state index in [0.717, 1.165) is 13.1 Å². The number of rotatable bonds is 7. The molecular weight excluding hydrogens is 465 g/mol. The molecule has 0 spiro atoms. The summed E-state index contributed by atoms with van der Waals surface area (Å²) in [5.41, 5.74) is 2.21. The first-order chi connectivity index (χ1) is 13.2. The van der Waals surface area contributed by atoms with Crippen LogP contribution in [-0.4, -0.2) is 36.5 Å². The lowest BCUT2D eigenvalue weighted by Gasteiger charge is -2.43. The zero-order valence-corrected chi connectivity index (χ0v) is 18.5. The molecule has 0 bridgehead atoms. The van der Waals surface area contributed by atoms with Gasteiger partial charge in [0.2, 0.25) is 5.91 Å². The number of anilines is 1. The minimum atomic E-state index is -0.165. The van der Waals surface area contributed by atoms with Gasteiger partial charge in [-0.25, -0.2) is 4.99 Å². The van der Waals surface area contributed by atoms with Gasteiger partial charge in [0.25, 0.3) is 0 Å². The fraction of sp³-hybridized carbons (Fsp3) is 0.381. The molecule has 0 saturated heterocycles. The van der Waals surface area contributed by atoms with E-state index in [1.807, 2.05) is 6.92 Å². The maximum Gasteiger partial charge on any atom is 0.246 e. The molecule has 0 aliphatic heterocycles. The van der Waals surface area contributed by atoms with Crippen molar-refractivity contribution in [2.24, 2.45) is 4.99 Å². The molecule has 6 nitrogen and oxygen atoms in total. The second kappa shape index (κ2) is 11.0. The predicted molar refractivity (Wildman–Crippen MR) is 124 cm³/mol.